The lowest BCUT2D eigenvalue weighted by atomic mass is 9.94. The van der Waals surface area contributed by atoms with Crippen LogP contribution in [0, 0.1) is 11.7 Å². The first-order chi connectivity index (χ1) is 12.6. The first-order valence-corrected chi connectivity index (χ1v) is 8.83. The number of carbonyl (C=O) groups is 1. The van der Waals surface area contributed by atoms with Gasteiger partial charge in [-0.1, -0.05) is 30.3 Å². The van der Waals surface area contributed by atoms with E-state index in [0.717, 1.165) is 24.6 Å². The molecule has 2 atom stereocenters. The normalized spacial score (nSPS) is 19.8. The first kappa shape index (κ1) is 18.2. The first-order valence-electron chi connectivity index (χ1n) is 8.83. The number of benzene rings is 1. The fraction of sp³-hybridized carbons (Fsp3) is 0.400. The molecule has 0 saturated carbocycles. The van der Waals surface area contributed by atoms with E-state index in [1.807, 2.05) is 37.3 Å². The van der Waals surface area contributed by atoms with Crippen LogP contribution in [0.2, 0.25) is 0 Å². The predicted molar refractivity (Wildman–Crippen MR) is 95.2 cm³/mol. The summed E-state index contributed by atoms with van der Waals surface area (Å²) >= 11 is 0. The van der Waals surface area contributed by atoms with E-state index in [-0.39, 0.29) is 24.7 Å². The number of nitrogens with zero attached hydrogens (tertiary/aromatic N) is 2. The highest BCUT2D eigenvalue weighted by Gasteiger charge is 2.30. The van der Waals surface area contributed by atoms with Crippen molar-refractivity contribution >= 4 is 6.09 Å². The number of aromatic nitrogens is 1. The molecule has 1 amide bonds. The van der Waals surface area contributed by atoms with Crippen molar-refractivity contribution in [3.63, 3.8) is 0 Å². The van der Waals surface area contributed by atoms with Gasteiger partial charge in [-0.2, -0.15) is 0 Å². The molecule has 1 fully saturated rings. The smallest absolute Gasteiger partial charge is 0.410 e. The van der Waals surface area contributed by atoms with Gasteiger partial charge in [0.1, 0.15) is 12.4 Å². The fourth-order valence-electron chi connectivity index (χ4n) is 3.03. The summed E-state index contributed by atoms with van der Waals surface area (Å²) in [6, 6.07) is 12.6. The Morgan fingerprint density at radius 3 is 2.77 bits per heavy atom. The summed E-state index contributed by atoms with van der Waals surface area (Å²) in [5.74, 6) is 0.196. The van der Waals surface area contributed by atoms with Crippen molar-refractivity contribution in [2.45, 2.75) is 32.4 Å². The molecule has 1 aromatic carbocycles. The fourth-order valence-corrected chi connectivity index (χ4v) is 3.03. The third kappa shape index (κ3) is 4.94. The van der Waals surface area contributed by atoms with Crippen molar-refractivity contribution in [2.24, 2.45) is 5.92 Å². The van der Waals surface area contributed by atoms with E-state index < -0.39 is 5.82 Å². The van der Waals surface area contributed by atoms with Crippen LogP contribution in [0.4, 0.5) is 9.18 Å². The molecule has 5 nitrogen and oxygen atoms in total. The van der Waals surface area contributed by atoms with E-state index >= 15 is 0 Å². The largest absolute Gasteiger partial charge is 0.477 e. The molecule has 3 rings (SSSR count). The van der Waals surface area contributed by atoms with Gasteiger partial charge in [0, 0.05) is 24.6 Å². The molecule has 2 heterocycles. The summed E-state index contributed by atoms with van der Waals surface area (Å²) < 4.78 is 24.0. The number of halogens is 1. The zero-order valence-corrected chi connectivity index (χ0v) is 14.8. The summed E-state index contributed by atoms with van der Waals surface area (Å²) in [5.41, 5.74) is 0.966. The molecule has 0 N–H and O–H groups in total. The minimum Gasteiger partial charge on any atom is -0.477 e. The second kappa shape index (κ2) is 8.65. The molecule has 0 spiro atoms. The molecule has 1 saturated heterocycles. The molecule has 138 valence electrons. The van der Waals surface area contributed by atoms with E-state index in [0.29, 0.717) is 19.0 Å². The second-order valence-electron chi connectivity index (χ2n) is 6.61. The number of hydrogen-bond acceptors (Lipinski definition) is 4. The highest BCUT2D eigenvalue weighted by molar-refractivity contribution is 5.68. The maximum atomic E-state index is 12.9. The molecule has 1 aliphatic rings. The maximum absolute atomic E-state index is 12.9. The Kier molecular flexibility index (Phi) is 6.04. The minimum absolute atomic E-state index is 0.137. The molecular weight excluding hydrogens is 335 g/mol. The van der Waals surface area contributed by atoms with Crippen LogP contribution in [0.5, 0.6) is 5.88 Å². The zero-order chi connectivity index (χ0) is 18.4. The molecule has 1 aromatic heterocycles. The second-order valence-corrected chi connectivity index (χ2v) is 6.61. The lowest BCUT2D eigenvalue weighted by molar-refractivity contribution is 0.0497. The Hall–Kier alpha value is -2.63. The van der Waals surface area contributed by atoms with Crippen LogP contribution in [-0.4, -0.2) is 35.2 Å². The van der Waals surface area contributed by atoms with Gasteiger partial charge >= 0.3 is 6.09 Å². The van der Waals surface area contributed by atoms with Crippen LogP contribution in [0.3, 0.4) is 0 Å². The number of amides is 1. The number of ether oxygens (including phenoxy) is 2. The van der Waals surface area contributed by atoms with Crippen molar-refractivity contribution in [1.29, 1.82) is 0 Å². The molecule has 0 bridgehead atoms. The number of piperidine rings is 1. The van der Waals surface area contributed by atoms with Gasteiger partial charge in [0.25, 0.3) is 0 Å². The topological polar surface area (TPSA) is 51.7 Å². The molecule has 0 aliphatic carbocycles. The van der Waals surface area contributed by atoms with E-state index in [1.165, 1.54) is 12.1 Å². The van der Waals surface area contributed by atoms with Crippen molar-refractivity contribution in [3.8, 4) is 5.88 Å². The highest BCUT2D eigenvalue weighted by Crippen LogP contribution is 2.23. The van der Waals surface area contributed by atoms with Crippen molar-refractivity contribution in [1.82, 2.24) is 9.88 Å². The molecule has 0 unspecified atom stereocenters. The van der Waals surface area contributed by atoms with Gasteiger partial charge in [0.2, 0.25) is 5.88 Å². The Bertz CT molecular complexity index is 709. The monoisotopic (exact) mass is 358 g/mol. The van der Waals surface area contributed by atoms with Gasteiger partial charge < -0.3 is 14.4 Å². The highest BCUT2D eigenvalue weighted by atomic mass is 19.1. The van der Waals surface area contributed by atoms with Gasteiger partial charge in [-0.3, -0.25) is 0 Å². The molecular formula is C20H23FN2O3. The third-order valence-electron chi connectivity index (χ3n) is 4.59. The van der Waals surface area contributed by atoms with Gasteiger partial charge in [0.15, 0.2) is 0 Å². The number of hydrogen-bond donors (Lipinski definition) is 0. The van der Waals surface area contributed by atoms with Crippen molar-refractivity contribution in [3.05, 3.63) is 60.0 Å². The van der Waals surface area contributed by atoms with E-state index in [4.69, 9.17) is 9.47 Å². The van der Waals surface area contributed by atoms with E-state index in [1.54, 1.807) is 4.90 Å². The van der Waals surface area contributed by atoms with Crippen LogP contribution in [0.1, 0.15) is 25.3 Å². The van der Waals surface area contributed by atoms with Gasteiger partial charge in [-0.05, 0) is 31.4 Å². The number of rotatable bonds is 5. The lowest BCUT2D eigenvalue weighted by Crippen LogP contribution is -2.47. The standard InChI is InChI=1S/C20H23FN2O3/c1-15-7-8-17(14-25-19-10-9-18(21)11-22-19)12-23(15)20(24)26-13-16-5-3-2-4-6-16/h2-6,9-11,15,17H,7-8,12-14H2,1H3/t15-,17-/m1/s1. The van der Waals surface area contributed by atoms with Crippen molar-refractivity contribution < 1.29 is 18.7 Å². The molecule has 2 aromatic rings. The van der Waals surface area contributed by atoms with Gasteiger partial charge in [-0.25, -0.2) is 14.2 Å². The SMILES string of the molecule is C[C@@H]1CC[C@@H](COc2ccc(F)cn2)CN1C(=O)OCc1ccccc1. The van der Waals surface area contributed by atoms with Crippen molar-refractivity contribution in [2.75, 3.05) is 13.2 Å². The Balaban J connectivity index is 1.50. The lowest BCUT2D eigenvalue weighted by Gasteiger charge is -2.37. The Morgan fingerprint density at radius 2 is 2.04 bits per heavy atom. The summed E-state index contributed by atoms with van der Waals surface area (Å²) in [6.07, 6.45) is 2.69. The molecule has 0 radical (unpaired) electrons. The number of likely N-dealkylation sites (tertiary alicyclic amines) is 1. The molecule has 6 heteroatoms. The third-order valence-corrected chi connectivity index (χ3v) is 4.59. The van der Waals surface area contributed by atoms with E-state index in [2.05, 4.69) is 4.98 Å². The number of pyridine rings is 1. The van der Waals surface area contributed by atoms with Gasteiger partial charge in [0.05, 0.1) is 12.8 Å². The number of carbonyl (C=O) groups excluding carboxylic acids is 1. The van der Waals surface area contributed by atoms with Crippen LogP contribution >= 0.6 is 0 Å². The average Bonchev–Trinajstić information content (AvgIpc) is 2.67. The Labute approximate surface area is 152 Å². The van der Waals surface area contributed by atoms with Crippen LogP contribution in [0.15, 0.2) is 48.7 Å². The minimum atomic E-state index is -0.392. The zero-order valence-electron chi connectivity index (χ0n) is 14.8. The van der Waals surface area contributed by atoms with Crippen LogP contribution in [-0.2, 0) is 11.3 Å². The molecule has 26 heavy (non-hydrogen) atoms. The average molecular weight is 358 g/mol. The summed E-state index contributed by atoms with van der Waals surface area (Å²) in [6.45, 7) is 3.32. The maximum Gasteiger partial charge on any atom is 0.410 e. The van der Waals surface area contributed by atoms with Crippen LogP contribution < -0.4 is 4.74 Å². The summed E-state index contributed by atoms with van der Waals surface area (Å²) in [4.78, 5) is 18.1. The summed E-state index contributed by atoms with van der Waals surface area (Å²) in [5, 5.41) is 0. The molecule has 1 aliphatic heterocycles. The van der Waals surface area contributed by atoms with Gasteiger partial charge in [-0.15, -0.1) is 0 Å². The van der Waals surface area contributed by atoms with Crippen LogP contribution in [0.25, 0.3) is 0 Å². The van der Waals surface area contributed by atoms with E-state index in [9.17, 15) is 9.18 Å². The predicted octanol–water partition coefficient (Wildman–Crippen LogP) is 4.04. The Morgan fingerprint density at radius 1 is 1.23 bits per heavy atom. The summed E-state index contributed by atoms with van der Waals surface area (Å²) in [7, 11) is 0. The quantitative estimate of drug-likeness (QED) is 0.809.